The maximum atomic E-state index is 12.7. The van der Waals surface area contributed by atoms with Gasteiger partial charge in [0.25, 0.3) is 5.91 Å². The summed E-state index contributed by atoms with van der Waals surface area (Å²) in [6, 6.07) is 7.59. The van der Waals surface area contributed by atoms with Gasteiger partial charge in [-0.15, -0.1) is 10.2 Å². The molecule has 0 saturated heterocycles. The lowest BCUT2D eigenvalue weighted by molar-refractivity contribution is -0.155. The zero-order chi connectivity index (χ0) is 27.3. The van der Waals surface area contributed by atoms with Crippen LogP contribution in [0, 0.1) is 0 Å². The molecular formula is C25H34N8O5. The summed E-state index contributed by atoms with van der Waals surface area (Å²) in [6.07, 6.45) is 3.71. The number of hydrogen-bond donors (Lipinski definition) is 3. The first-order valence-electron chi connectivity index (χ1n) is 12.4. The molecule has 13 nitrogen and oxygen atoms in total. The number of carbonyl (C=O) groups is 2. The maximum absolute atomic E-state index is 12.7. The number of nitrogens with zero attached hydrogens (tertiary/aromatic N) is 5. The highest BCUT2D eigenvalue weighted by Crippen LogP contribution is 2.39. The summed E-state index contributed by atoms with van der Waals surface area (Å²) in [5.41, 5.74) is 3.48. The molecule has 1 aromatic carbocycles. The maximum Gasteiger partial charge on any atom is 0.328 e. The molecule has 4 rings (SSSR count). The van der Waals surface area contributed by atoms with Gasteiger partial charge in [0.2, 0.25) is 0 Å². The third kappa shape index (κ3) is 6.79. The van der Waals surface area contributed by atoms with Gasteiger partial charge in [0, 0.05) is 12.1 Å². The second-order valence-corrected chi connectivity index (χ2v) is 9.78. The molecule has 0 bridgehead atoms. The number of anilines is 4. The first kappa shape index (κ1) is 26.9. The minimum Gasteiger partial charge on any atom is -0.492 e. The van der Waals surface area contributed by atoms with Crippen molar-refractivity contribution < 1.29 is 23.9 Å². The van der Waals surface area contributed by atoms with Crippen LogP contribution in [0.4, 0.5) is 22.9 Å². The van der Waals surface area contributed by atoms with Crippen molar-refractivity contribution in [3.05, 3.63) is 30.0 Å². The number of rotatable bonds is 11. The zero-order valence-electron chi connectivity index (χ0n) is 22.3. The Kier molecular flexibility index (Phi) is 8.15. The second kappa shape index (κ2) is 11.5. The molecule has 0 atom stereocenters. The molecule has 1 aliphatic carbocycles. The number of hydroxylamine groups is 1. The predicted molar refractivity (Wildman–Crippen MR) is 142 cm³/mol. The van der Waals surface area contributed by atoms with Crippen molar-refractivity contribution in [1.82, 2.24) is 20.7 Å². The summed E-state index contributed by atoms with van der Waals surface area (Å²) in [7, 11) is 1.55. The van der Waals surface area contributed by atoms with Crippen molar-refractivity contribution in [2.45, 2.75) is 52.2 Å². The van der Waals surface area contributed by atoms with Crippen molar-refractivity contribution >= 4 is 41.1 Å². The van der Waals surface area contributed by atoms with Crippen LogP contribution >= 0.6 is 0 Å². The van der Waals surface area contributed by atoms with Crippen LogP contribution in [-0.4, -0.2) is 72.0 Å². The zero-order valence-corrected chi connectivity index (χ0v) is 22.3. The number of amides is 1. The Hall–Kier alpha value is -4.13. The number of benzene rings is 1. The minimum atomic E-state index is -0.599. The van der Waals surface area contributed by atoms with Crippen molar-refractivity contribution in [3.8, 4) is 5.75 Å². The molecule has 204 valence electrons. The molecule has 13 heteroatoms. The smallest absolute Gasteiger partial charge is 0.328 e. The van der Waals surface area contributed by atoms with E-state index < -0.39 is 11.5 Å². The first-order chi connectivity index (χ1) is 18.2. The normalized spacial score (nSPS) is 14.9. The van der Waals surface area contributed by atoms with E-state index in [1.54, 1.807) is 31.4 Å². The minimum absolute atomic E-state index is 0.0200. The Morgan fingerprint density at radius 2 is 1.95 bits per heavy atom. The van der Waals surface area contributed by atoms with Crippen molar-refractivity contribution in [2.75, 3.05) is 42.6 Å². The molecule has 38 heavy (non-hydrogen) atoms. The van der Waals surface area contributed by atoms with E-state index in [2.05, 4.69) is 31.3 Å². The van der Waals surface area contributed by atoms with Gasteiger partial charge in [0.05, 0.1) is 25.1 Å². The molecule has 2 aromatic rings. The lowest BCUT2D eigenvalue weighted by atomic mass is 10.2. The number of carbonyl (C=O) groups excluding carboxylic acids is 2. The molecule has 0 radical (unpaired) electrons. The number of ether oxygens (including phenoxy) is 2. The Balaban J connectivity index is 1.61. The van der Waals surface area contributed by atoms with Gasteiger partial charge in [-0.2, -0.15) is 0 Å². The Labute approximate surface area is 221 Å². The van der Waals surface area contributed by atoms with Crippen LogP contribution < -0.4 is 25.9 Å². The topological polar surface area (TPSA) is 143 Å². The number of esters is 1. The number of hydrogen-bond acceptors (Lipinski definition) is 12. The molecule has 0 unspecified atom stereocenters. The van der Waals surface area contributed by atoms with Crippen LogP contribution in [-0.2, 0) is 14.4 Å². The molecule has 1 saturated carbocycles. The number of methoxy groups -OCH3 is 1. The molecule has 1 fully saturated rings. The van der Waals surface area contributed by atoms with Gasteiger partial charge in [-0.1, -0.05) is 6.07 Å². The summed E-state index contributed by atoms with van der Waals surface area (Å²) in [6.45, 7) is 7.80. The van der Waals surface area contributed by atoms with E-state index in [1.807, 2.05) is 44.0 Å². The van der Waals surface area contributed by atoms with Gasteiger partial charge in [0.1, 0.15) is 30.8 Å². The van der Waals surface area contributed by atoms with E-state index in [1.165, 1.54) is 0 Å². The third-order valence-corrected chi connectivity index (χ3v) is 5.45. The molecule has 1 amide bonds. The average molecular weight is 527 g/mol. The van der Waals surface area contributed by atoms with Gasteiger partial charge in [-0.05, 0) is 52.7 Å². The fourth-order valence-electron chi connectivity index (χ4n) is 3.73. The summed E-state index contributed by atoms with van der Waals surface area (Å²) in [4.78, 5) is 34.6. The number of aliphatic imine (C=N–C) groups is 1. The van der Waals surface area contributed by atoms with Gasteiger partial charge in [0.15, 0.2) is 17.3 Å². The highest BCUT2D eigenvalue weighted by atomic mass is 16.6. The summed E-state index contributed by atoms with van der Waals surface area (Å²) in [5, 5.41) is 18.3. The molecule has 1 aromatic heterocycles. The van der Waals surface area contributed by atoms with Crippen LogP contribution in [0.1, 0.15) is 51.0 Å². The van der Waals surface area contributed by atoms with E-state index in [9.17, 15) is 9.59 Å². The van der Waals surface area contributed by atoms with Crippen LogP contribution in [0.15, 0.2) is 29.3 Å². The highest BCUT2D eigenvalue weighted by Gasteiger charge is 2.28. The van der Waals surface area contributed by atoms with E-state index in [4.69, 9.17) is 14.3 Å². The third-order valence-electron chi connectivity index (χ3n) is 5.45. The average Bonchev–Trinajstić information content (AvgIpc) is 3.56. The van der Waals surface area contributed by atoms with E-state index in [0.717, 1.165) is 12.8 Å². The van der Waals surface area contributed by atoms with Crippen molar-refractivity contribution in [2.24, 2.45) is 4.99 Å². The number of para-hydroxylation sites is 1. The highest BCUT2D eigenvalue weighted by molar-refractivity contribution is 5.98. The fourth-order valence-corrected chi connectivity index (χ4v) is 3.73. The molecule has 2 heterocycles. The van der Waals surface area contributed by atoms with E-state index >= 15 is 0 Å². The van der Waals surface area contributed by atoms with Crippen molar-refractivity contribution in [3.63, 3.8) is 0 Å². The number of nitrogens with one attached hydrogen (secondary N) is 3. The molecule has 2 aliphatic rings. The second-order valence-electron chi connectivity index (χ2n) is 9.78. The van der Waals surface area contributed by atoms with Gasteiger partial charge < -0.3 is 20.1 Å². The quantitative estimate of drug-likeness (QED) is 0.294. The Morgan fingerprint density at radius 1 is 1.16 bits per heavy atom. The first-order valence-corrected chi connectivity index (χ1v) is 12.4. The van der Waals surface area contributed by atoms with Crippen LogP contribution in [0.5, 0.6) is 5.75 Å². The van der Waals surface area contributed by atoms with Gasteiger partial charge in [-0.25, -0.2) is 5.48 Å². The van der Waals surface area contributed by atoms with Crippen LogP contribution in [0.3, 0.4) is 0 Å². The summed E-state index contributed by atoms with van der Waals surface area (Å²) >= 11 is 0. The summed E-state index contributed by atoms with van der Waals surface area (Å²) < 4.78 is 11.3. The SMILES string of the molecule is CCONC(=O)c1nnc(NC2CC2)cc1Nc1cccc(N2CN=CN2CC(=O)OC(C)(C)C)c1OC. The summed E-state index contributed by atoms with van der Waals surface area (Å²) in [5.74, 6) is 0.116. The number of aromatic nitrogens is 2. The Bertz CT molecular complexity index is 1190. The van der Waals surface area contributed by atoms with Crippen LogP contribution in [0.25, 0.3) is 0 Å². The van der Waals surface area contributed by atoms with Gasteiger partial charge in [-0.3, -0.25) is 29.4 Å². The fraction of sp³-hybridized carbons (Fsp3) is 0.480. The lowest BCUT2D eigenvalue weighted by Crippen LogP contribution is -2.42. The largest absolute Gasteiger partial charge is 0.492 e. The number of hydrazine groups is 1. The van der Waals surface area contributed by atoms with Gasteiger partial charge >= 0.3 is 5.97 Å². The van der Waals surface area contributed by atoms with Crippen molar-refractivity contribution in [1.29, 1.82) is 0 Å². The molecular weight excluding hydrogens is 492 g/mol. The standard InChI is InChI=1S/C25H34N8O5/c1-6-37-31-24(35)22-18(12-20(29-30-22)27-16-10-11-16)28-17-8-7-9-19(23(17)36-5)33-15-26-14-32(33)13-21(34)38-25(2,3)4/h7-9,12,14,16H,6,10-11,13,15H2,1-5H3,(H,31,35)(H2,27,28,29). The molecule has 3 N–H and O–H groups in total. The van der Waals surface area contributed by atoms with E-state index in [0.29, 0.717) is 41.3 Å². The molecule has 1 aliphatic heterocycles. The Morgan fingerprint density at radius 3 is 2.63 bits per heavy atom. The predicted octanol–water partition coefficient (Wildman–Crippen LogP) is 2.85. The van der Waals surface area contributed by atoms with E-state index in [-0.39, 0.29) is 24.9 Å². The molecule has 0 spiro atoms. The monoisotopic (exact) mass is 526 g/mol. The van der Waals surface area contributed by atoms with Crippen LogP contribution in [0.2, 0.25) is 0 Å². The lowest BCUT2D eigenvalue weighted by Gasteiger charge is -2.31.